The maximum Gasteiger partial charge on any atom is 2.00 e. The zero-order chi connectivity index (χ0) is 41.0. The van der Waals surface area contributed by atoms with Crippen LogP contribution in [0, 0.1) is 83.1 Å². The first-order chi connectivity index (χ1) is 24.7. The first kappa shape index (κ1) is 46.5. The number of hydrogen-bond donors (Lipinski definition) is 0. The molecular formula is C32H44B2F8N12Ni. The first-order valence-corrected chi connectivity index (χ1v) is 16.6. The van der Waals surface area contributed by atoms with E-state index in [0.29, 0.717) is 0 Å². The van der Waals surface area contributed by atoms with Gasteiger partial charge in [0.2, 0.25) is 12.6 Å². The van der Waals surface area contributed by atoms with Crippen molar-refractivity contribution >= 4 is 14.5 Å². The van der Waals surface area contributed by atoms with Crippen LogP contribution < -0.4 is 0 Å². The Kier molecular flexibility index (Phi) is 15.5. The van der Waals surface area contributed by atoms with Crippen molar-refractivity contribution in [2.75, 3.05) is 0 Å². The zero-order valence-corrected chi connectivity index (χ0v) is 33.5. The Morgan fingerprint density at radius 3 is 0.509 bits per heavy atom. The predicted octanol–water partition coefficient (Wildman–Crippen LogP) is 7.96. The number of halogens is 8. The van der Waals surface area contributed by atoms with Crippen molar-refractivity contribution in [3.63, 3.8) is 0 Å². The van der Waals surface area contributed by atoms with Gasteiger partial charge in [0.05, 0.1) is 34.2 Å². The molecule has 6 aromatic rings. The van der Waals surface area contributed by atoms with Gasteiger partial charge in [-0.05, 0) is 119 Å². The van der Waals surface area contributed by atoms with E-state index in [1.807, 2.05) is 69.6 Å². The van der Waals surface area contributed by atoms with Crippen LogP contribution in [-0.2, 0) is 16.5 Å². The molecule has 55 heavy (non-hydrogen) atoms. The molecule has 0 fully saturated rings. The van der Waals surface area contributed by atoms with Gasteiger partial charge in [0, 0.05) is 34.2 Å². The van der Waals surface area contributed by atoms with Crippen molar-refractivity contribution in [1.29, 1.82) is 0 Å². The second-order valence-corrected chi connectivity index (χ2v) is 12.9. The minimum Gasteiger partial charge on any atom is -0.418 e. The number of nitrogens with zero attached hydrogens (tertiary/aromatic N) is 12. The fourth-order valence-corrected chi connectivity index (χ4v) is 5.90. The van der Waals surface area contributed by atoms with Crippen molar-refractivity contribution in [2.45, 2.75) is 95.7 Å². The van der Waals surface area contributed by atoms with Gasteiger partial charge in [-0.2, -0.15) is 30.6 Å². The Morgan fingerprint density at radius 1 is 0.327 bits per heavy atom. The monoisotopic (exact) mass is 828 g/mol. The van der Waals surface area contributed by atoms with Gasteiger partial charge in [-0.25, -0.2) is 28.1 Å². The SMILES string of the molecule is Cc1cc(C)n(C(n2nc(C)cc2C)n2nc(C)cc2C)n1.Cc1cc(C)n(C(n2nc(C)cc2C)n2nc(C)cc2C)n1.F[B-](F)(F)F.F[B-](F)(F)F.[Ni+2]. The topological polar surface area (TPSA) is 107 Å². The van der Waals surface area contributed by atoms with E-state index in [9.17, 15) is 34.5 Å². The summed E-state index contributed by atoms with van der Waals surface area (Å²) in [5, 5.41) is 28.0. The second-order valence-electron chi connectivity index (χ2n) is 12.9. The van der Waals surface area contributed by atoms with Crippen LogP contribution in [0.4, 0.5) is 34.5 Å². The van der Waals surface area contributed by atoms with E-state index in [1.54, 1.807) is 0 Å². The first-order valence-electron chi connectivity index (χ1n) is 16.6. The van der Waals surface area contributed by atoms with Crippen molar-refractivity contribution in [3.8, 4) is 0 Å². The summed E-state index contributed by atoms with van der Waals surface area (Å²) in [5.74, 6) is 0. The van der Waals surface area contributed by atoms with Gasteiger partial charge >= 0.3 is 31.0 Å². The Labute approximate surface area is 324 Å². The van der Waals surface area contributed by atoms with E-state index >= 15 is 0 Å². The summed E-state index contributed by atoms with van der Waals surface area (Å²) < 4.78 is 89.9. The van der Waals surface area contributed by atoms with Crippen LogP contribution in [0.25, 0.3) is 0 Å². The molecule has 23 heteroatoms. The molecule has 0 bridgehead atoms. The number of aryl methyl sites for hydroxylation is 12. The summed E-state index contributed by atoms with van der Waals surface area (Å²) in [4.78, 5) is 0. The maximum absolute atomic E-state index is 9.75. The van der Waals surface area contributed by atoms with E-state index in [-0.39, 0.29) is 29.1 Å². The summed E-state index contributed by atoms with van der Waals surface area (Å²) in [5.41, 5.74) is 12.5. The second kappa shape index (κ2) is 18.3. The molecule has 0 aliphatic heterocycles. The van der Waals surface area contributed by atoms with E-state index < -0.39 is 14.5 Å². The van der Waals surface area contributed by atoms with Gasteiger partial charge in [0.25, 0.3) is 0 Å². The van der Waals surface area contributed by atoms with Crippen LogP contribution in [0.3, 0.4) is 0 Å². The minimum atomic E-state index is -6.00. The molecular weight excluding hydrogens is 785 g/mol. The third-order valence-electron chi connectivity index (χ3n) is 7.58. The molecule has 6 heterocycles. The largest absolute Gasteiger partial charge is 2.00 e. The normalized spacial score (nSPS) is 11.5. The summed E-state index contributed by atoms with van der Waals surface area (Å²) in [6, 6.07) is 12.4. The summed E-state index contributed by atoms with van der Waals surface area (Å²) in [7, 11) is -12.0. The number of aromatic nitrogens is 12. The molecule has 0 aliphatic carbocycles. The van der Waals surface area contributed by atoms with Gasteiger partial charge in [-0.1, -0.05) is 0 Å². The van der Waals surface area contributed by atoms with Gasteiger partial charge < -0.3 is 34.5 Å². The summed E-state index contributed by atoms with van der Waals surface area (Å²) in [6.07, 6.45) is -0.452. The molecule has 0 radical (unpaired) electrons. The third kappa shape index (κ3) is 13.2. The average Bonchev–Trinajstić information content (AvgIpc) is 3.81. The molecule has 0 atom stereocenters. The van der Waals surface area contributed by atoms with Crippen LogP contribution in [-0.4, -0.2) is 73.2 Å². The van der Waals surface area contributed by atoms with Gasteiger partial charge in [0.15, 0.2) is 0 Å². The van der Waals surface area contributed by atoms with Crippen molar-refractivity contribution in [1.82, 2.24) is 58.7 Å². The molecule has 0 saturated heterocycles. The van der Waals surface area contributed by atoms with E-state index in [2.05, 4.69) is 109 Å². The zero-order valence-electron chi connectivity index (χ0n) is 32.5. The molecule has 6 rings (SSSR count). The molecule has 0 spiro atoms. The van der Waals surface area contributed by atoms with Crippen molar-refractivity contribution in [3.05, 3.63) is 105 Å². The van der Waals surface area contributed by atoms with Crippen LogP contribution in [0.5, 0.6) is 0 Å². The van der Waals surface area contributed by atoms with Crippen molar-refractivity contribution in [2.24, 2.45) is 0 Å². The fourth-order valence-electron chi connectivity index (χ4n) is 5.90. The standard InChI is InChI=1S/2C16H22N6.2BF4.Ni/c2*1-10-7-13(4)20(17-10)16(21-14(5)8-11(2)18-21)22-15(6)9-12(3)19-22;2*2-1(3,4)5;/h2*7-9,16H,1-6H3;;;/q;;2*-1;+2. The molecule has 6 aromatic heterocycles. The van der Waals surface area contributed by atoms with Crippen molar-refractivity contribution < 1.29 is 51.0 Å². The van der Waals surface area contributed by atoms with Crippen LogP contribution in [0.2, 0.25) is 0 Å². The minimum absolute atomic E-state index is 0. The van der Waals surface area contributed by atoms with E-state index in [0.717, 1.165) is 68.3 Å². The van der Waals surface area contributed by atoms with Crippen LogP contribution in [0.1, 0.15) is 80.9 Å². The van der Waals surface area contributed by atoms with Gasteiger partial charge in [-0.3, -0.25) is 0 Å². The molecule has 304 valence electrons. The predicted molar refractivity (Wildman–Crippen MR) is 190 cm³/mol. The smallest absolute Gasteiger partial charge is 0.418 e. The van der Waals surface area contributed by atoms with E-state index in [1.165, 1.54) is 0 Å². The summed E-state index contributed by atoms with van der Waals surface area (Å²) >= 11 is 0. The number of rotatable bonds is 6. The maximum atomic E-state index is 9.75. The molecule has 0 N–H and O–H groups in total. The Hall–Kier alpha value is -4.68. The number of hydrogen-bond acceptors (Lipinski definition) is 6. The van der Waals surface area contributed by atoms with E-state index in [4.69, 9.17) is 0 Å². The molecule has 0 unspecified atom stereocenters. The summed E-state index contributed by atoms with van der Waals surface area (Å²) in [6.45, 7) is 24.4. The van der Waals surface area contributed by atoms with Crippen LogP contribution in [0.15, 0.2) is 36.4 Å². The average molecular weight is 829 g/mol. The van der Waals surface area contributed by atoms with Gasteiger partial charge in [-0.15, -0.1) is 0 Å². The molecule has 12 nitrogen and oxygen atoms in total. The molecule has 0 amide bonds. The fraction of sp³-hybridized carbons (Fsp3) is 0.438. The molecule has 0 saturated carbocycles. The van der Waals surface area contributed by atoms with Crippen LogP contribution >= 0.6 is 0 Å². The Morgan fingerprint density at radius 2 is 0.436 bits per heavy atom. The quantitative estimate of drug-likeness (QED) is 0.125. The Bertz CT molecular complexity index is 1770. The Balaban J connectivity index is 0.000000301. The molecule has 0 aliphatic rings. The molecule has 0 aromatic carbocycles. The van der Waals surface area contributed by atoms with Gasteiger partial charge in [0.1, 0.15) is 0 Å². The third-order valence-corrected chi connectivity index (χ3v) is 7.58.